The molecule has 2 fully saturated rings. The van der Waals surface area contributed by atoms with E-state index >= 15 is 0 Å². The van der Waals surface area contributed by atoms with Crippen molar-refractivity contribution >= 4 is 22.8 Å². The molecule has 1 saturated heterocycles. The van der Waals surface area contributed by atoms with E-state index in [9.17, 15) is 4.79 Å². The molecule has 0 aromatic carbocycles. The third-order valence-corrected chi connectivity index (χ3v) is 5.57. The van der Waals surface area contributed by atoms with Crippen LogP contribution < -0.4 is 10.6 Å². The first kappa shape index (κ1) is 12.3. The molecule has 3 aliphatic rings. The first-order valence-electron chi connectivity index (χ1n) is 6.96. The minimum absolute atomic E-state index is 0.151. The number of aliphatic imine (C=N–C) groups is 1. The van der Waals surface area contributed by atoms with E-state index in [0.29, 0.717) is 11.8 Å². The van der Waals surface area contributed by atoms with Gasteiger partial charge in [0.15, 0.2) is 5.17 Å². The molecule has 1 aliphatic carbocycles. The summed E-state index contributed by atoms with van der Waals surface area (Å²) >= 11 is 1.86. The van der Waals surface area contributed by atoms with Crippen LogP contribution in [0.3, 0.4) is 0 Å². The maximum atomic E-state index is 11.1. The number of carbonyl (C=O) groups excluding carboxylic acids is 1. The summed E-state index contributed by atoms with van der Waals surface area (Å²) in [6.45, 7) is 1.72. The normalized spacial score (nSPS) is 31.0. The monoisotopic (exact) mass is 267 g/mol. The van der Waals surface area contributed by atoms with E-state index in [4.69, 9.17) is 4.99 Å². The topological polar surface area (TPSA) is 53.5 Å². The number of hydrogen-bond acceptors (Lipinski definition) is 4. The summed E-state index contributed by atoms with van der Waals surface area (Å²) in [5.74, 6) is 1.35. The predicted molar refractivity (Wildman–Crippen MR) is 74.8 cm³/mol. The van der Waals surface area contributed by atoms with E-state index in [1.54, 1.807) is 0 Å². The smallest absolute Gasteiger partial charge is 0.222 e. The fourth-order valence-corrected chi connectivity index (χ4v) is 4.35. The van der Waals surface area contributed by atoms with Crippen molar-refractivity contribution in [1.82, 2.24) is 10.6 Å². The van der Waals surface area contributed by atoms with Crippen LogP contribution in [0.4, 0.5) is 0 Å². The van der Waals surface area contributed by atoms with Crippen LogP contribution in [0.25, 0.3) is 0 Å². The van der Waals surface area contributed by atoms with Gasteiger partial charge in [0.2, 0.25) is 5.91 Å². The third kappa shape index (κ3) is 2.66. The van der Waals surface area contributed by atoms with Gasteiger partial charge >= 0.3 is 0 Å². The number of nitrogens with zero attached hydrogens (tertiary/aromatic N) is 1. The predicted octanol–water partition coefficient (Wildman–Crippen LogP) is 1.52. The molecule has 0 aromatic heterocycles. The van der Waals surface area contributed by atoms with E-state index in [1.165, 1.54) is 37.9 Å². The SMILES string of the molecule is O=C1CC(NC2=NCC3(CCCCC3)CS2)CN1. The van der Waals surface area contributed by atoms with Gasteiger partial charge in [0.25, 0.3) is 0 Å². The summed E-state index contributed by atoms with van der Waals surface area (Å²) in [7, 11) is 0. The molecule has 2 N–H and O–H groups in total. The molecule has 1 unspecified atom stereocenters. The summed E-state index contributed by atoms with van der Waals surface area (Å²) < 4.78 is 0. The van der Waals surface area contributed by atoms with E-state index in [2.05, 4.69) is 10.6 Å². The molecule has 0 aromatic rings. The molecule has 1 spiro atoms. The molecule has 2 heterocycles. The van der Waals surface area contributed by atoms with Gasteiger partial charge in [-0.15, -0.1) is 0 Å². The highest BCUT2D eigenvalue weighted by atomic mass is 32.2. The van der Waals surface area contributed by atoms with Crippen molar-refractivity contribution in [2.75, 3.05) is 18.8 Å². The van der Waals surface area contributed by atoms with Crippen LogP contribution in [0.1, 0.15) is 38.5 Å². The van der Waals surface area contributed by atoms with Crippen LogP contribution in [0.2, 0.25) is 0 Å². The highest BCUT2D eigenvalue weighted by molar-refractivity contribution is 8.13. The molecule has 2 aliphatic heterocycles. The number of hydrogen-bond donors (Lipinski definition) is 2. The Hall–Kier alpha value is -0.710. The summed E-state index contributed by atoms with van der Waals surface area (Å²) in [6, 6.07) is 0.240. The van der Waals surface area contributed by atoms with Crippen molar-refractivity contribution in [3.8, 4) is 0 Å². The fraction of sp³-hybridized carbons (Fsp3) is 0.846. The maximum absolute atomic E-state index is 11.1. The Balaban J connectivity index is 1.55. The number of amidine groups is 1. The average molecular weight is 267 g/mol. The van der Waals surface area contributed by atoms with Gasteiger partial charge in [0.1, 0.15) is 0 Å². The van der Waals surface area contributed by atoms with Crippen molar-refractivity contribution in [2.24, 2.45) is 10.4 Å². The first-order valence-corrected chi connectivity index (χ1v) is 7.95. The summed E-state index contributed by atoms with van der Waals surface area (Å²) in [4.78, 5) is 15.9. The quantitative estimate of drug-likeness (QED) is 0.757. The lowest BCUT2D eigenvalue weighted by atomic mass is 9.75. The van der Waals surface area contributed by atoms with Crippen molar-refractivity contribution in [1.29, 1.82) is 0 Å². The Morgan fingerprint density at radius 2 is 2.17 bits per heavy atom. The zero-order valence-corrected chi connectivity index (χ0v) is 11.5. The van der Waals surface area contributed by atoms with Gasteiger partial charge in [0, 0.05) is 25.3 Å². The molecule has 0 radical (unpaired) electrons. The Labute approximate surface area is 112 Å². The zero-order valence-electron chi connectivity index (χ0n) is 10.7. The summed E-state index contributed by atoms with van der Waals surface area (Å²) in [6.07, 6.45) is 7.43. The lowest BCUT2D eigenvalue weighted by Crippen LogP contribution is -2.40. The molecular formula is C13H21N3OS. The molecule has 18 heavy (non-hydrogen) atoms. The van der Waals surface area contributed by atoms with Crippen molar-refractivity contribution in [3.05, 3.63) is 0 Å². The Morgan fingerprint density at radius 1 is 1.33 bits per heavy atom. The number of carbonyl (C=O) groups is 1. The number of nitrogens with one attached hydrogen (secondary N) is 2. The highest BCUT2D eigenvalue weighted by Gasteiger charge is 2.35. The van der Waals surface area contributed by atoms with Gasteiger partial charge in [0.05, 0.1) is 6.04 Å². The van der Waals surface area contributed by atoms with E-state index in [0.717, 1.165) is 18.3 Å². The second-order valence-electron chi connectivity index (χ2n) is 5.82. The fourth-order valence-electron chi connectivity index (χ4n) is 3.13. The van der Waals surface area contributed by atoms with Gasteiger partial charge in [-0.05, 0) is 18.3 Å². The molecule has 5 heteroatoms. The molecule has 1 atom stereocenters. The van der Waals surface area contributed by atoms with Crippen LogP contribution in [0, 0.1) is 5.41 Å². The number of thioether (sulfide) groups is 1. The highest BCUT2D eigenvalue weighted by Crippen LogP contribution is 2.41. The molecular weight excluding hydrogens is 246 g/mol. The molecule has 100 valence electrons. The van der Waals surface area contributed by atoms with Crippen molar-refractivity contribution in [3.63, 3.8) is 0 Å². The van der Waals surface area contributed by atoms with E-state index in [1.807, 2.05) is 11.8 Å². The number of amides is 1. The Kier molecular flexibility index (Phi) is 3.50. The molecule has 4 nitrogen and oxygen atoms in total. The third-order valence-electron chi connectivity index (χ3n) is 4.29. The van der Waals surface area contributed by atoms with Gasteiger partial charge in [-0.3, -0.25) is 9.79 Å². The van der Waals surface area contributed by atoms with Crippen LogP contribution in [0.5, 0.6) is 0 Å². The minimum atomic E-state index is 0.151. The van der Waals surface area contributed by atoms with Crippen LogP contribution in [-0.4, -0.2) is 36.0 Å². The van der Waals surface area contributed by atoms with Crippen LogP contribution in [-0.2, 0) is 4.79 Å². The van der Waals surface area contributed by atoms with Gasteiger partial charge in [-0.1, -0.05) is 31.0 Å². The number of rotatable bonds is 1. The molecule has 0 bridgehead atoms. The van der Waals surface area contributed by atoms with Gasteiger partial charge < -0.3 is 10.6 Å². The average Bonchev–Trinajstić information content (AvgIpc) is 2.79. The zero-order chi connectivity index (χ0) is 12.4. The summed E-state index contributed by atoms with van der Waals surface area (Å²) in [5, 5.41) is 7.30. The van der Waals surface area contributed by atoms with Crippen molar-refractivity contribution in [2.45, 2.75) is 44.6 Å². The molecule has 1 amide bonds. The Bertz CT molecular complexity index is 363. The van der Waals surface area contributed by atoms with Crippen LogP contribution >= 0.6 is 11.8 Å². The van der Waals surface area contributed by atoms with Gasteiger partial charge in [-0.2, -0.15) is 0 Å². The van der Waals surface area contributed by atoms with Crippen molar-refractivity contribution < 1.29 is 4.79 Å². The second-order valence-corrected chi connectivity index (χ2v) is 6.78. The van der Waals surface area contributed by atoms with Crippen LogP contribution in [0.15, 0.2) is 4.99 Å². The van der Waals surface area contributed by atoms with Gasteiger partial charge in [-0.25, -0.2) is 0 Å². The molecule has 3 rings (SSSR count). The second kappa shape index (κ2) is 5.11. The minimum Gasteiger partial charge on any atom is -0.360 e. The largest absolute Gasteiger partial charge is 0.360 e. The van der Waals surface area contributed by atoms with E-state index < -0.39 is 0 Å². The molecule has 1 saturated carbocycles. The first-order chi connectivity index (χ1) is 8.76. The lowest BCUT2D eigenvalue weighted by Gasteiger charge is -2.38. The summed E-state index contributed by atoms with van der Waals surface area (Å²) in [5.41, 5.74) is 0.484. The standard InChI is InChI=1S/C13H21N3OS/c17-11-6-10(7-14-11)16-12-15-8-13(9-18-12)4-2-1-3-5-13/h10H,1-9H2,(H,14,17)(H,15,16). The Morgan fingerprint density at radius 3 is 2.78 bits per heavy atom. The van der Waals surface area contributed by atoms with E-state index in [-0.39, 0.29) is 11.9 Å². The lowest BCUT2D eigenvalue weighted by molar-refractivity contribution is -0.119. The maximum Gasteiger partial charge on any atom is 0.222 e.